The molecule has 1 fully saturated rings. The quantitative estimate of drug-likeness (QED) is 0.514. The molecule has 7 nitrogen and oxygen atoms in total. The van der Waals surface area contributed by atoms with Gasteiger partial charge in [-0.05, 0) is 56.0 Å². The zero-order chi connectivity index (χ0) is 25.1. The number of amides is 1. The van der Waals surface area contributed by atoms with Gasteiger partial charge in [-0.1, -0.05) is 0 Å². The third-order valence-electron chi connectivity index (χ3n) is 6.48. The summed E-state index contributed by atoms with van der Waals surface area (Å²) in [5, 5.41) is -0.149. The molecule has 1 amide bonds. The molecule has 0 aliphatic carbocycles. The first-order valence-electron chi connectivity index (χ1n) is 11.6. The van der Waals surface area contributed by atoms with Crippen LogP contribution in [0.25, 0.3) is 10.9 Å². The number of ether oxygens (including phenoxy) is 1. The van der Waals surface area contributed by atoms with Crippen molar-refractivity contribution < 1.29 is 23.1 Å². The lowest BCUT2D eigenvalue weighted by molar-refractivity contribution is -0.132. The number of ketones is 1. The van der Waals surface area contributed by atoms with Gasteiger partial charge in [0, 0.05) is 43.5 Å². The molecule has 9 heteroatoms. The summed E-state index contributed by atoms with van der Waals surface area (Å²) in [6.07, 6.45) is 2.14. The van der Waals surface area contributed by atoms with Gasteiger partial charge in [0.05, 0.1) is 12.5 Å². The number of carbonyl (C=O) groups excluding carboxylic acids is 2. The minimum Gasteiger partial charge on any atom is -0.496 e. The van der Waals surface area contributed by atoms with Gasteiger partial charge in [0.1, 0.15) is 22.9 Å². The van der Waals surface area contributed by atoms with Crippen LogP contribution in [0.5, 0.6) is 5.75 Å². The number of halogens is 2. The number of benzene rings is 2. The number of hydrogen-bond acceptors (Lipinski definition) is 5. The van der Waals surface area contributed by atoms with Crippen LogP contribution in [0.3, 0.4) is 0 Å². The Labute approximate surface area is 201 Å². The van der Waals surface area contributed by atoms with Gasteiger partial charge in [0.15, 0.2) is 11.6 Å². The summed E-state index contributed by atoms with van der Waals surface area (Å²) >= 11 is 0. The van der Waals surface area contributed by atoms with E-state index in [0.29, 0.717) is 44.0 Å². The Morgan fingerprint density at radius 1 is 1.17 bits per heavy atom. The SMILES string of the molecule is COc1ccc(C(=O)C2CCN(C(=O)CCCc3nc4c(F)cc(F)cc4c(=O)[nH]3)CC2)cc1C. The molecule has 184 valence electrons. The lowest BCUT2D eigenvalue weighted by Crippen LogP contribution is -2.40. The maximum atomic E-state index is 14.0. The molecule has 1 aromatic heterocycles. The second-order valence-electron chi connectivity index (χ2n) is 8.85. The largest absolute Gasteiger partial charge is 0.496 e. The van der Waals surface area contributed by atoms with Crippen molar-refractivity contribution in [3.05, 3.63) is 69.3 Å². The van der Waals surface area contributed by atoms with Crippen molar-refractivity contribution in [2.45, 2.75) is 39.0 Å². The minimum atomic E-state index is -0.898. The Hall–Kier alpha value is -3.62. The van der Waals surface area contributed by atoms with Crippen molar-refractivity contribution >= 4 is 22.6 Å². The standard InChI is InChI=1S/C26H27F2N3O4/c1-15-12-17(6-7-21(15)35-2)25(33)16-8-10-31(11-9-16)23(32)5-3-4-22-29-24-19(26(34)30-22)13-18(27)14-20(24)28/h6-7,12-14,16H,3-5,8-11H2,1-2H3,(H,29,30,34). The molecule has 0 spiro atoms. The van der Waals surface area contributed by atoms with E-state index in [1.165, 1.54) is 0 Å². The van der Waals surface area contributed by atoms with Crippen LogP contribution in [0.2, 0.25) is 0 Å². The summed E-state index contributed by atoms with van der Waals surface area (Å²) in [7, 11) is 1.59. The molecule has 0 atom stereocenters. The number of carbonyl (C=O) groups is 2. The second kappa shape index (κ2) is 10.3. The Kier molecular flexibility index (Phi) is 7.23. The number of nitrogens with zero attached hydrogens (tertiary/aromatic N) is 2. The third kappa shape index (κ3) is 5.39. The number of piperidine rings is 1. The molecular formula is C26H27F2N3O4. The maximum Gasteiger partial charge on any atom is 0.258 e. The van der Waals surface area contributed by atoms with Crippen LogP contribution in [0.1, 0.15) is 47.4 Å². The van der Waals surface area contributed by atoms with Gasteiger partial charge in [-0.15, -0.1) is 0 Å². The monoisotopic (exact) mass is 483 g/mol. The summed E-state index contributed by atoms with van der Waals surface area (Å²) in [5.74, 6) is -0.827. The first-order valence-corrected chi connectivity index (χ1v) is 11.6. The van der Waals surface area contributed by atoms with E-state index in [4.69, 9.17) is 4.74 Å². The van der Waals surface area contributed by atoms with Gasteiger partial charge in [-0.3, -0.25) is 14.4 Å². The molecule has 3 aromatic rings. The molecule has 35 heavy (non-hydrogen) atoms. The molecule has 1 aliphatic rings. The number of methoxy groups -OCH3 is 1. The van der Waals surface area contributed by atoms with Crippen LogP contribution in [0.15, 0.2) is 35.1 Å². The summed E-state index contributed by atoms with van der Waals surface area (Å²) in [6.45, 7) is 2.91. The van der Waals surface area contributed by atoms with Crippen molar-refractivity contribution in [2.75, 3.05) is 20.2 Å². The van der Waals surface area contributed by atoms with Gasteiger partial charge in [-0.2, -0.15) is 0 Å². The average molecular weight is 484 g/mol. The van der Waals surface area contributed by atoms with Crippen LogP contribution in [-0.2, 0) is 11.2 Å². The van der Waals surface area contributed by atoms with Crippen LogP contribution >= 0.6 is 0 Å². The molecule has 0 radical (unpaired) electrons. The van der Waals surface area contributed by atoms with E-state index < -0.39 is 17.2 Å². The molecule has 1 N–H and O–H groups in total. The van der Waals surface area contributed by atoms with Crippen molar-refractivity contribution in [1.29, 1.82) is 0 Å². The van der Waals surface area contributed by atoms with E-state index in [9.17, 15) is 23.2 Å². The highest BCUT2D eigenvalue weighted by atomic mass is 19.1. The Balaban J connectivity index is 1.29. The minimum absolute atomic E-state index is 0.0346. The molecule has 2 aromatic carbocycles. The molecule has 0 saturated carbocycles. The number of aromatic nitrogens is 2. The van der Waals surface area contributed by atoms with Crippen molar-refractivity contribution in [3.63, 3.8) is 0 Å². The van der Waals surface area contributed by atoms with E-state index in [1.54, 1.807) is 24.1 Å². The van der Waals surface area contributed by atoms with Crippen LogP contribution < -0.4 is 10.3 Å². The summed E-state index contributed by atoms with van der Waals surface area (Å²) < 4.78 is 32.6. The Morgan fingerprint density at radius 2 is 1.91 bits per heavy atom. The van der Waals surface area contributed by atoms with E-state index in [0.717, 1.165) is 17.4 Å². The van der Waals surface area contributed by atoms with E-state index in [1.807, 2.05) is 13.0 Å². The lowest BCUT2D eigenvalue weighted by atomic mass is 9.88. The molecule has 4 rings (SSSR count). The summed E-state index contributed by atoms with van der Waals surface area (Å²) in [6, 6.07) is 7.05. The van der Waals surface area contributed by atoms with Crippen molar-refractivity contribution in [1.82, 2.24) is 14.9 Å². The molecular weight excluding hydrogens is 456 g/mol. The van der Waals surface area contributed by atoms with Crippen molar-refractivity contribution in [2.24, 2.45) is 5.92 Å². The normalized spacial score (nSPS) is 14.3. The lowest BCUT2D eigenvalue weighted by Gasteiger charge is -2.31. The van der Waals surface area contributed by atoms with Gasteiger partial charge < -0.3 is 14.6 Å². The van der Waals surface area contributed by atoms with E-state index >= 15 is 0 Å². The van der Waals surface area contributed by atoms with Gasteiger partial charge in [-0.25, -0.2) is 13.8 Å². The maximum absolute atomic E-state index is 14.0. The topological polar surface area (TPSA) is 92.4 Å². The number of likely N-dealkylation sites (tertiary alicyclic amines) is 1. The number of fused-ring (bicyclic) bond motifs is 1. The zero-order valence-electron chi connectivity index (χ0n) is 19.7. The molecule has 1 aliphatic heterocycles. The fourth-order valence-electron chi connectivity index (χ4n) is 4.56. The summed E-state index contributed by atoms with van der Waals surface area (Å²) in [4.78, 5) is 46.1. The molecule has 1 saturated heterocycles. The number of aromatic amines is 1. The third-order valence-corrected chi connectivity index (χ3v) is 6.48. The van der Waals surface area contributed by atoms with Crippen LogP contribution in [0.4, 0.5) is 8.78 Å². The predicted molar refractivity (Wildman–Crippen MR) is 127 cm³/mol. The second-order valence-corrected chi connectivity index (χ2v) is 8.85. The number of rotatable bonds is 7. The van der Waals surface area contributed by atoms with Gasteiger partial charge >= 0.3 is 0 Å². The highest BCUT2D eigenvalue weighted by molar-refractivity contribution is 5.98. The smallest absolute Gasteiger partial charge is 0.258 e. The van der Waals surface area contributed by atoms with Crippen molar-refractivity contribution in [3.8, 4) is 5.75 Å². The first kappa shape index (κ1) is 24.5. The number of nitrogens with one attached hydrogen (secondary N) is 1. The number of H-pyrrole nitrogens is 1. The first-order chi connectivity index (χ1) is 16.8. The Morgan fingerprint density at radius 3 is 2.60 bits per heavy atom. The van der Waals surface area contributed by atoms with Gasteiger partial charge in [0.2, 0.25) is 5.91 Å². The molecule has 0 unspecified atom stereocenters. The highest BCUT2D eigenvalue weighted by Crippen LogP contribution is 2.25. The predicted octanol–water partition coefficient (Wildman–Crippen LogP) is 3.96. The number of aryl methyl sites for hydroxylation is 2. The van der Waals surface area contributed by atoms with Gasteiger partial charge in [0.25, 0.3) is 5.56 Å². The average Bonchev–Trinajstić information content (AvgIpc) is 2.84. The van der Waals surface area contributed by atoms with Crippen LogP contribution in [0, 0.1) is 24.5 Å². The molecule has 2 heterocycles. The fraction of sp³-hybridized carbons (Fsp3) is 0.385. The Bertz CT molecular complexity index is 1330. The number of Topliss-reactive ketones (excluding diaryl/α,β-unsaturated/α-hetero) is 1. The van der Waals surface area contributed by atoms with E-state index in [-0.39, 0.29) is 47.2 Å². The molecule has 0 bridgehead atoms. The zero-order valence-corrected chi connectivity index (χ0v) is 19.7. The fourth-order valence-corrected chi connectivity index (χ4v) is 4.56. The highest BCUT2D eigenvalue weighted by Gasteiger charge is 2.28. The summed E-state index contributed by atoms with van der Waals surface area (Å²) in [5.41, 5.74) is 0.760. The number of hydrogen-bond donors (Lipinski definition) is 1. The van der Waals surface area contributed by atoms with Crippen LogP contribution in [-0.4, -0.2) is 46.8 Å². The van der Waals surface area contributed by atoms with E-state index in [2.05, 4.69) is 9.97 Å².